The zero-order valence-electron chi connectivity index (χ0n) is 13.7. The molecule has 1 heterocycles. The SMILES string of the molecule is Cc1cc(C)n(CC(=O)NNC(=O)CCC(=O)c2ccccc2)n1. The predicted octanol–water partition coefficient (Wildman–Crippen LogP) is 1.31. The van der Waals surface area contributed by atoms with Crippen molar-refractivity contribution < 1.29 is 14.4 Å². The summed E-state index contributed by atoms with van der Waals surface area (Å²) in [5, 5.41) is 4.17. The second kappa shape index (κ2) is 8.05. The molecule has 126 valence electrons. The summed E-state index contributed by atoms with van der Waals surface area (Å²) in [4.78, 5) is 35.4. The third-order valence-corrected chi connectivity index (χ3v) is 3.41. The van der Waals surface area contributed by atoms with Gasteiger partial charge in [0.05, 0.1) is 5.69 Å². The Morgan fingerprint density at radius 2 is 1.67 bits per heavy atom. The molecule has 0 fully saturated rings. The Bertz CT molecular complexity index is 738. The van der Waals surface area contributed by atoms with Crippen molar-refractivity contribution in [1.82, 2.24) is 20.6 Å². The Morgan fingerprint density at radius 3 is 2.29 bits per heavy atom. The number of aromatic nitrogens is 2. The van der Waals surface area contributed by atoms with Gasteiger partial charge < -0.3 is 0 Å². The number of amides is 2. The lowest BCUT2D eigenvalue weighted by atomic mass is 10.1. The fourth-order valence-electron chi connectivity index (χ4n) is 2.21. The van der Waals surface area contributed by atoms with E-state index in [1.807, 2.05) is 26.0 Å². The average Bonchev–Trinajstić information content (AvgIpc) is 2.88. The second-order valence-corrected chi connectivity index (χ2v) is 5.47. The summed E-state index contributed by atoms with van der Waals surface area (Å²) < 4.78 is 1.55. The molecule has 7 nitrogen and oxygen atoms in total. The van der Waals surface area contributed by atoms with E-state index >= 15 is 0 Å². The molecular formula is C17H20N4O3. The topological polar surface area (TPSA) is 93.1 Å². The fraction of sp³-hybridized carbons (Fsp3) is 0.294. The summed E-state index contributed by atoms with van der Waals surface area (Å²) in [6.07, 6.45) is 0.0943. The average molecular weight is 328 g/mol. The molecule has 0 radical (unpaired) electrons. The van der Waals surface area contributed by atoms with E-state index in [-0.39, 0.29) is 31.1 Å². The van der Waals surface area contributed by atoms with Crippen molar-refractivity contribution in [1.29, 1.82) is 0 Å². The molecule has 0 aliphatic heterocycles. The highest BCUT2D eigenvalue weighted by Crippen LogP contribution is 2.05. The third-order valence-electron chi connectivity index (χ3n) is 3.41. The van der Waals surface area contributed by atoms with E-state index in [4.69, 9.17) is 0 Å². The van der Waals surface area contributed by atoms with E-state index in [1.54, 1.807) is 28.9 Å². The van der Waals surface area contributed by atoms with Crippen molar-refractivity contribution >= 4 is 17.6 Å². The smallest absolute Gasteiger partial charge is 0.260 e. The highest BCUT2D eigenvalue weighted by molar-refractivity contribution is 5.98. The maximum Gasteiger partial charge on any atom is 0.260 e. The van der Waals surface area contributed by atoms with Crippen LogP contribution in [0.5, 0.6) is 0 Å². The van der Waals surface area contributed by atoms with Gasteiger partial charge in [0, 0.05) is 24.1 Å². The van der Waals surface area contributed by atoms with E-state index in [9.17, 15) is 14.4 Å². The molecule has 2 rings (SSSR count). The van der Waals surface area contributed by atoms with Crippen LogP contribution in [-0.4, -0.2) is 27.4 Å². The molecule has 0 aliphatic rings. The molecule has 2 amide bonds. The molecule has 1 aromatic carbocycles. The lowest BCUT2D eigenvalue weighted by Crippen LogP contribution is -2.43. The summed E-state index contributed by atoms with van der Waals surface area (Å²) >= 11 is 0. The maximum atomic E-state index is 11.9. The van der Waals surface area contributed by atoms with Crippen LogP contribution >= 0.6 is 0 Å². The molecule has 0 unspecified atom stereocenters. The molecule has 0 bridgehead atoms. The van der Waals surface area contributed by atoms with Crippen LogP contribution in [0.25, 0.3) is 0 Å². The first-order valence-corrected chi connectivity index (χ1v) is 7.62. The van der Waals surface area contributed by atoms with Crippen molar-refractivity contribution in [3.63, 3.8) is 0 Å². The van der Waals surface area contributed by atoms with Crippen LogP contribution in [0.15, 0.2) is 36.4 Å². The van der Waals surface area contributed by atoms with Crippen molar-refractivity contribution in [2.24, 2.45) is 0 Å². The summed E-state index contributed by atoms with van der Waals surface area (Å²) in [6, 6.07) is 10.6. The number of hydrazine groups is 1. The van der Waals surface area contributed by atoms with Gasteiger partial charge in [0.15, 0.2) is 5.78 Å². The molecule has 7 heteroatoms. The molecule has 0 saturated heterocycles. The molecule has 2 N–H and O–H groups in total. The number of nitrogens with zero attached hydrogens (tertiary/aromatic N) is 2. The zero-order chi connectivity index (χ0) is 17.5. The molecule has 1 aromatic heterocycles. The van der Waals surface area contributed by atoms with Gasteiger partial charge in [0.2, 0.25) is 5.91 Å². The first-order chi connectivity index (χ1) is 11.5. The normalized spacial score (nSPS) is 10.2. The minimum absolute atomic E-state index is 0.00785. The van der Waals surface area contributed by atoms with Crippen LogP contribution in [0.1, 0.15) is 34.6 Å². The second-order valence-electron chi connectivity index (χ2n) is 5.47. The maximum absolute atomic E-state index is 11.9. The van der Waals surface area contributed by atoms with Crippen molar-refractivity contribution in [2.75, 3.05) is 0 Å². The first-order valence-electron chi connectivity index (χ1n) is 7.62. The lowest BCUT2D eigenvalue weighted by molar-refractivity contribution is -0.129. The Labute approximate surface area is 140 Å². The van der Waals surface area contributed by atoms with E-state index in [1.165, 1.54) is 0 Å². The number of ketones is 1. The fourth-order valence-corrected chi connectivity index (χ4v) is 2.21. The largest absolute Gasteiger partial charge is 0.294 e. The van der Waals surface area contributed by atoms with Gasteiger partial charge in [-0.15, -0.1) is 0 Å². The monoisotopic (exact) mass is 328 g/mol. The minimum atomic E-state index is -0.416. The number of carbonyl (C=O) groups is 3. The molecule has 0 saturated carbocycles. The Kier molecular flexibility index (Phi) is 5.83. The van der Waals surface area contributed by atoms with Gasteiger partial charge in [0.1, 0.15) is 6.54 Å². The number of Topliss-reactive ketones (excluding diaryl/α,β-unsaturated/α-hetero) is 1. The molecular weight excluding hydrogens is 308 g/mol. The summed E-state index contributed by atoms with van der Waals surface area (Å²) in [5.74, 6) is -0.912. The molecule has 2 aromatic rings. The highest BCUT2D eigenvalue weighted by atomic mass is 16.2. The van der Waals surface area contributed by atoms with Crippen LogP contribution in [0.2, 0.25) is 0 Å². The van der Waals surface area contributed by atoms with Gasteiger partial charge in [-0.05, 0) is 19.9 Å². The summed E-state index contributed by atoms with van der Waals surface area (Å²) in [7, 11) is 0. The van der Waals surface area contributed by atoms with Gasteiger partial charge in [-0.25, -0.2) is 0 Å². The van der Waals surface area contributed by atoms with Crippen molar-refractivity contribution in [3.8, 4) is 0 Å². The lowest BCUT2D eigenvalue weighted by Gasteiger charge is -2.08. The highest BCUT2D eigenvalue weighted by Gasteiger charge is 2.11. The number of aryl methyl sites for hydroxylation is 2. The standard InChI is InChI=1S/C17H20N4O3/c1-12-10-13(2)21(20-12)11-17(24)19-18-16(23)9-8-15(22)14-6-4-3-5-7-14/h3-7,10H,8-9,11H2,1-2H3,(H,18,23)(H,19,24). The summed E-state index contributed by atoms with van der Waals surface area (Å²) in [5.41, 5.74) is 6.88. The number of rotatable bonds is 6. The van der Waals surface area contributed by atoms with E-state index in [0.717, 1.165) is 11.4 Å². The summed E-state index contributed by atoms with van der Waals surface area (Å²) in [6.45, 7) is 3.71. The molecule has 0 atom stereocenters. The minimum Gasteiger partial charge on any atom is -0.294 e. The van der Waals surface area contributed by atoms with E-state index in [2.05, 4.69) is 16.0 Å². The predicted molar refractivity (Wildman–Crippen MR) is 88.0 cm³/mol. The zero-order valence-corrected chi connectivity index (χ0v) is 13.7. The van der Waals surface area contributed by atoms with Gasteiger partial charge >= 0.3 is 0 Å². The Balaban J connectivity index is 1.72. The Morgan fingerprint density at radius 1 is 1.00 bits per heavy atom. The Hall–Kier alpha value is -2.96. The molecule has 0 spiro atoms. The van der Waals surface area contributed by atoms with Gasteiger partial charge in [-0.2, -0.15) is 5.10 Å². The van der Waals surface area contributed by atoms with Gasteiger partial charge in [-0.3, -0.25) is 29.9 Å². The number of carbonyl (C=O) groups excluding carboxylic acids is 3. The number of hydrogen-bond donors (Lipinski definition) is 2. The van der Waals surface area contributed by atoms with Crippen LogP contribution < -0.4 is 10.9 Å². The van der Waals surface area contributed by atoms with Crippen molar-refractivity contribution in [2.45, 2.75) is 33.2 Å². The van der Waals surface area contributed by atoms with Gasteiger partial charge in [0.25, 0.3) is 5.91 Å². The molecule has 24 heavy (non-hydrogen) atoms. The quantitative estimate of drug-likeness (QED) is 0.617. The third kappa shape index (κ3) is 5.05. The van der Waals surface area contributed by atoms with Crippen LogP contribution in [0.3, 0.4) is 0 Å². The van der Waals surface area contributed by atoms with Crippen LogP contribution in [0, 0.1) is 13.8 Å². The van der Waals surface area contributed by atoms with Crippen molar-refractivity contribution in [3.05, 3.63) is 53.3 Å². The van der Waals surface area contributed by atoms with Crippen LogP contribution in [0.4, 0.5) is 0 Å². The van der Waals surface area contributed by atoms with E-state index in [0.29, 0.717) is 5.56 Å². The van der Waals surface area contributed by atoms with Crippen LogP contribution in [-0.2, 0) is 16.1 Å². The number of nitrogens with one attached hydrogen (secondary N) is 2. The number of benzene rings is 1. The van der Waals surface area contributed by atoms with E-state index < -0.39 is 5.91 Å². The first kappa shape index (κ1) is 17.4. The van der Waals surface area contributed by atoms with Gasteiger partial charge in [-0.1, -0.05) is 30.3 Å². The molecule has 0 aliphatic carbocycles. The number of hydrogen-bond acceptors (Lipinski definition) is 4.